The van der Waals surface area contributed by atoms with E-state index in [1.165, 1.54) is 23.1 Å². The van der Waals surface area contributed by atoms with E-state index in [1.807, 2.05) is 25.8 Å². The van der Waals surface area contributed by atoms with E-state index in [2.05, 4.69) is 15.6 Å². The summed E-state index contributed by atoms with van der Waals surface area (Å²) in [5, 5.41) is 6.48. The number of hydrogen-bond donors (Lipinski definition) is 2. The van der Waals surface area contributed by atoms with E-state index in [-0.39, 0.29) is 23.4 Å². The maximum Gasteiger partial charge on any atom is 0.251 e. The van der Waals surface area contributed by atoms with Gasteiger partial charge in [0.1, 0.15) is 5.82 Å². The minimum Gasteiger partial charge on any atom is -0.352 e. The summed E-state index contributed by atoms with van der Waals surface area (Å²) < 4.78 is 14.0. The summed E-state index contributed by atoms with van der Waals surface area (Å²) in [4.78, 5) is 32.4. The topological polar surface area (TPSA) is 74.3 Å². The van der Waals surface area contributed by atoms with Crippen LogP contribution in [0, 0.1) is 19.7 Å². The van der Waals surface area contributed by atoms with Crippen molar-refractivity contribution in [3.05, 3.63) is 45.2 Å². The molecule has 0 spiro atoms. The Labute approximate surface area is 168 Å². The molecule has 1 aliphatic rings. The molecule has 0 aliphatic carbocycles. The summed E-state index contributed by atoms with van der Waals surface area (Å²) in [6, 6.07) is 3.68. The van der Waals surface area contributed by atoms with Gasteiger partial charge in [0.25, 0.3) is 5.91 Å². The predicted octanol–water partition coefficient (Wildman–Crippen LogP) is 2.90. The maximum absolute atomic E-state index is 14.0. The fourth-order valence-corrected chi connectivity index (χ4v) is 4.22. The molecule has 1 atom stereocenters. The molecule has 0 saturated carbocycles. The van der Waals surface area contributed by atoms with Crippen molar-refractivity contribution in [2.24, 2.45) is 0 Å². The fourth-order valence-electron chi connectivity index (χ4n) is 3.29. The molecule has 2 heterocycles. The monoisotopic (exact) mass is 404 g/mol. The number of anilines is 1. The normalized spacial score (nSPS) is 16.9. The van der Waals surface area contributed by atoms with Crippen molar-refractivity contribution >= 4 is 28.8 Å². The van der Waals surface area contributed by atoms with Crippen LogP contribution in [0.5, 0.6) is 0 Å². The number of carbonyl (C=O) groups excluding carboxylic acids is 2. The first-order valence-corrected chi connectivity index (χ1v) is 10.2. The fraction of sp³-hybridized carbons (Fsp3) is 0.450. The molecule has 1 saturated heterocycles. The Balaban J connectivity index is 1.60. The molecule has 1 fully saturated rings. The van der Waals surface area contributed by atoms with Gasteiger partial charge in [-0.1, -0.05) is 0 Å². The molecule has 0 bridgehead atoms. The lowest BCUT2D eigenvalue weighted by Crippen LogP contribution is -2.37. The molecule has 0 unspecified atom stereocenters. The Morgan fingerprint density at radius 2 is 2.11 bits per heavy atom. The van der Waals surface area contributed by atoms with Gasteiger partial charge < -0.3 is 10.6 Å². The number of likely N-dealkylation sites (tertiary alicyclic amines) is 1. The molecule has 0 radical (unpaired) electrons. The third-order valence-electron chi connectivity index (χ3n) is 4.95. The number of nitrogens with one attached hydrogen (secondary N) is 2. The molecule has 1 aromatic heterocycles. The van der Waals surface area contributed by atoms with Gasteiger partial charge in [0.05, 0.1) is 16.7 Å². The Morgan fingerprint density at radius 1 is 1.32 bits per heavy atom. The predicted molar refractivity (Wildman–Crippen MR) is 108 cm³/mol. The molecule has 2 N–H and O–H groups in total. The second-order valence-corrected chi connectivity index (χ2v) is 8.40. The molecule has 28 heavy (non-hydrogen) atoms. The zero-order valence-corrected chi connectivity index (χ0v) is 17.2. The number of aromatic nitrogens is 1. The molecule has 3 rings (SSSR count). The van der Waals surface area contributed by atoms with Gasteiger partial charge in [0.15, 0.2) is 0 Å². The molecular formula is C20H25FN4O2S. The highest BCUT2D eigenvalue weighted by Gasteiger charge is 2.27. The summed E-state index contributed by atoms with van der Waals surface area (Å²) in [6.07, 6.45) is 2.36. The molecule has 1 aliphatic heterocycles. The average molecular weight is 405 g/mol. The smallest absolute Gasteiger partial charge is 0.251 e. The van der Waals surface area contributed by atoms with Crippen LogP contribution in [0.25, 0.3) is 0 Å². The van der Waals surface area contributed by atoms with Gasteiger partial charge in [-0.05, 0) is 58.5 Å². The first-order chi connectivity index (χ1) is 13.3. The van der Waals surface area contributed by atoms with E-state index in [4.69, 9.17) is 0 Å². The van der Waals surface area contributed by atoms with Crippen molar-refractivity contribution in [1.29, 1.82) is 0 Å². The van der Waals surface area contributed by atoms with Crippen molar-refractivity contribution in [1.82, 2.24) is 15.2 Å². The van der Waals surface area contributed by atoms with Crippen LogP contribution in [0.2, 0.25) is 0 Å². The van der Waals surface area contributed by atoms with Crippen LogP contribution in [0.15, 0.2) is 18.2 Å². The summed E-state index contributed by atoms with van der Waals surface area (Å²) in [6.45, 7) is 5.25. The Morgan fingerprint density at radius 3 is 2.75 bits per heavy atom. The zero-order valence-electron chi connectivity index (χ0n) is 16.3. The highest BCUT2D eigenvalue weighted by molar-refractivity contribution is 7.11. The second-order valence-electron chi connectivity index (χ2n) is 7.11. The average Bonchev–Trinajstić information content (AvgIpc) is 3.19. The second kappa shape index (κ2) is 8.79. The number of nitrogens with zero attached hydrogens (tertiary/aromatic N) is 2. The van der Waals surface area contributed by atoms with E-state index >= 15 is 0 Å². The molecule has 2 amide bonds. The number of benzene rings is 1. The standard InChI is InChI=1S/C20H25FN4O2S/c1-12-13(2)28-18(23-12)6-7-22-19(26)14-9-15(21)11-16(10-14)24-20(27)17-5-4-8-25(17)3/h9-11,17H,4-8H2,1-3H3,(H,22,26)(H,24,27)/t17-/m0/s1. The quantitative estimate of drug-likeness (QED) is 0.776. The zero-order chi connectivity index (χ0) is 20.3. The molecule has 150 valence electrons. The molecular weight excluding hydrogens is 379 g/mol. The number of likely N-dealkylation sites (N-methyl/N-ethyl adjacent to an activating group) is 1. The van der Waals surface area contributed by atoms with Crippen molar-refractivity contribution in [2.45, 2.75) is 39.2 Å². The summed E-state index contributed by atoms with van der Waals surface area (Å²) >= 11 is 1.61. The van der Waals surface area contributed by atoms with Crippen molar-refractivity contribution in [2.75, 3.05) is 25.5 Å². The lowest BCUT2D eigenvalue weighted by atomic mass is 10.1. The minimum absolute atomic E-state index is 0.175. The SMILES string of the molecule is Cc1nc(CCNC(=O)c2cc(F)cc(NC(=O)[C@@H]3CCCN3C)c2)sc1C. The molecule has 8 heteroatoms. The van der Waals surface area contributed by atoms with Crippen LogP contribution in [-0.2, 0) is 11.2 Å². The van der Waals surface area contributed by atoms with Crippen molar-refractivity contribution in [3.63, 3.8) is 0 Å². The highest BCUT2D eigenvalue weighted by Crippen LogP contribution is 2.19. The molecule has 6 nitrogen and oxygen atoms in total. The number of aryl methyl sites for hydroxylation is 2. The number of thiazole rings is 1. The number of hydrogen-bond acceptors (Lipinski definition) is 5. The van der Waals surface area contributed by atoms with Gasteiger partial charge in [-0.25, -0.2) is 9.37 Å². The Hall–Kier alpha value is -2.32. The van der Waals surface area contributed by atoms with Gasteiger partial charge >= 0.3 is 0 Å². The van der Waals surface area contributed by atoms with Gasteiger partial charge in [-0.15, -0.1) is 11.3 Å². The number of rotatable bonds is 6. The Kier molecular flexibility index (Phi) is 6.41. The van der Waals surface area contributed by atoms with Gasteiger partial charge in [-0.3, -0.25) is 14.5 Å². The van der Waals surface area contributed by atoms with Gasteiger partial charge in [0.2, 0.25) is 5.91 Å². The van der Waals surface area contributed by atoms with E-state index in [1.54, 1.807) is 11.3 Å². The maximum atomic E-state index is 14.0. The third kappa shape index (κ3) is 4.94. The van der Waals surface area contributed by atoms with Gasteiger partial charge in [-0.2, -0.15) is 0 Å². The minimum atomic E-state index is -0.561. The third-order valence-corrected chi connectivity index (χ3v) is 6.08. The summed E-state index contributed by atoms with van der Waals surface area (Å²) in [7, 11) is 1.90. The Bertz CT molecular complexity index is 864. The number of halogens is 1. The first-order valence-electron chi connectivity index (χ1n) is 9.36. The van der Waals surface area contributed by atoms with E-state index < -0.39 is 5.82 Å². The molecule has 2 aromatic rings. The van der Waals surface area contributed by atoms with Crippen molar-refractivity contribution in [3.8, 4) is 0 Å². The lowest BCUT2D eigenvalue weighted by molar-refractivity contribution is -0.119. The van der Waals surface area contributed by atoms with E-state index in [0.29, 0.717) is 18.7 Å². The van der Waals surface area contributed by atoms with Crippen molar-refractivity contribution < 1.29 is 14.0 Å². The molecule has 1 aromatic carbocycles. The lowest BCUT2D eigenvalue weighted by Gasteiger charge is -2.19. The largest absolute Gasteiger partial charge is 0.352 e. The number of carbonyl (C=O) groups is 2. The number of amides is 2. The van der Waals surface area contributed by atoms with Crippen LogP contribution in [0.4, 0.5) is 10.1 Å². The van der Waals surface area contributed by atoms with E-state index in [9.17, 15) is 14.0 Å². The van der Waals surface area contributed by atoms with E-state index in [0.717, 1.165) is 30.1 Å². The van der Waals surface area contributed by atoms with Crippen LogP contribution >= 0.6 is 11.3 Å². The van der Waals surface area contributed by atoms with Crippen LogP contribution in [0.3, 0.4) is 0 Å². The summed E-state index contributed by atoms with van der Waals surface area (Å²) in [5.74, 6) is -1.11. The first kappa shape index (κ1) is 20.4. The van der Waals surface area contributed by atoms with Gasteiger partial charge in [0, 0.05) is 29.1 Å². The highest BCUT2D eigenvalue weighted by atomic mass is 32.1. The van der Waals surface area contributed by atoms with Crippen LogP contribution in [0.1, 0.15) is 38.8 Å². The van der Waals surface area contributed by atoms with Crippen LogP contribution < -0.4 is 10.6 Å². The summed E-state index contributed by atoms with van der Waals surface area (Å²) in [5.41, 5.74) is 1.48. The van der Waals surface area contributed by atoms with Crippen LogP contribution in [-0.4, -0.2) is 47.9 Å².